The van der Waals surface area contributed by atoms with Gasteiger partial charge in [-0.1, -0.05) is 49.4 Å². The van der Waals surface area contributed by atoms with E-state index in [0.717, 1.165) is 42.8 Å². The second kappa shape index (κ2) is 8.86. The third-order valence-corrected chi connectivity index (χ3v) is 7.50. The minimum atomic E-state index is -0.140. The van der Waals surface area contributed by atoms with Crippen LogP contribution in [0.15, 0.2) is 72.9 Å². The van der Waals surface area contributed by atoms with E-state index in [1.54, 1.807) is 6.20 Å². The average Bonchev–Trinajstić information content (AvgIpc) is 3.02. The molecule has 1 amide bonds. The van der Waals surface area contributed by atoms with E-state index in [4.69, 9.17) is 4.74 Å². The number of fused-ring (bicyclic) bond motifs is 3. The number of pyridine rings is 1. The lowest BCUT2D eigenvalue weighted by molar-refractivity contribution is 0.102. The van der Waals surface area contributed by atoms with Gasteiger partial charge in [-0.05, 0) is 73.9 Å². The highest BCUT2D eigenvalue weighted by Crippen LogP contribution is 2.53. The van der Waals surface area contributed by atoms with Gasteiger partial charge in [-0.3, -0.25) is 9.78 Å². The zero-order valence-corrected chi connectivity index (χ0v) is 19.3. The first kappa shape index (κ1) is 21.4. The lowest BCUT2D eigenvalue weighted by Gasteiger charge is -2.43. The molecule has 2 aliphatic rings. The van der Waals surface area contributed by atoms with Gasteiger partial charge in [0, 0.05) is 22.7 Å². The maximum Gasteiger partial charge on any atom is 0.255 e. The van der Waals surface area contributed by atoms with E-state index < -0.39 is 0 Å². The van der Waals surface area contributed by atoms with Gasteiger partial charge in [0.1, 0.15) is 5.75 Å². The molecule has 0 spiro atoms. The highest BCUT2D eigenvalue weighted by Gasteiger charge is 2.44. The Bertz CT molecular complexity index is 1200. The zero-order chi connectivity index (χ0) is 22.8. The first-order valence-corrected chi connectivity index (χ1v) is 11.9. The van der Waals surface area contributed by atoms with Crippen LogP contribution in [0.2, 0.25) is 0 Å². The first-order chi connectivity index (χ1) is 16.1. The van der Waals surface area contributed by atoms with E-state index in [-0.39, 0.29) is 11.3 Å². The average molecular weight is 439 g/mol. The number of benzene rings is 2. The number of nitrogens with one attached hydrogen (secondary N) is 1. The van der Waals surface area contributed by atoms with Gasteiger partial charge in [0.15, 0.2) is 0 Å². The quantitative estimate of drug-likeness (QED) is 0.501. The normalized spacial score (nSPS) is 21.6. The van der Waals surface area contributed by atoms with Crippen molar-refractivity contribution in [3.63, 3.8) is 0 Å². The molecule has 2 heterocycles. The van der Waals surface area contributed by atoms with Crippen LogP contribution in [0.3, 0.4) is 0 Å². The van der Waals surface area contributed by atoms with E-state index in [9.17, 15) is 4.79 Å². The fourth-order valence-corrected chi connectivity index (χ4v) is 5.55. The Morgan fingerprint density at radius 3 is 2.79 bits per heavy atom. The summed E-state index contributed by atoms with van der Waals surface area (Å²) < 4.78 is 6.26. The van der Waals surface area contributed by atoms with Crippen LogP contribution >= 0.6 is 0 Å². The molecule has 4 heteroatoms. The molecule has 0 fully saturated rings. The van der Waals surface area contributed by atoms with Gasteiger partial charge in [-0.2, -0.15) is 0 Å². The minimum absolute atomic E-state index is 0.0407. The second-order valence-electron chi connectivity index (χ2n) is 9.15. The van der Waals surface area contributed by atoms with Gasteiger partial charge in [0.05, 0.1) is 18.0 Å². The highest BCUT2D eigenvalue weighted by molar-refractivity contribution is 6.04. The van der Waals surface area contributed by atoms with Gasteiger partial charge in [-0.15, -0.1) is 0 Å². The molecular weight excluding hydrogens is 408 g/mol. The smallest absolute Gasteiger partial charge is 0.255 e. The van der Waals surface area contributed by atoms with Crippen LogP contribution in [0, 0.1) is 12.8 Å². The molecule has 1 aliphatic heterocycles. The van der Waals surface area contributed by atoms with E-state index in [0.29, 0.717) is 18.1 Å². The Balaban J connectivity index is 1.46. The highest BCUT2D eigenvalue weighted by atomic mass is 16.5. The summed E-state index contributed by atoms with van der Waals surface area (Å²) in [4.78, 5) is 17.2. The van der Waals surface area contributed by atoms with Crippen LogP contribution in [0.5, 0.6) is 5.75 Å². The molecule has 0 saturated heterocycles. The summed E-state index contributed by atoms with van der Waals surface area (Å²) in [7, 11) is 0. The maximum atomic E-state index is 13.0. The Hall–Kier alpha value is -3.40. The van der Waals surface area contributed by atoms with Crippen LogP contribution in [0.1, 0.15) is 59.8 Å². The van der Waals surface area contributed by atoms with E-state index in [2.05, 4.69) is 59.7 Å². The topological polar surface area (TPSA) is 51.2 Å². The summed E-state index contributed by atoms with van der Waals surface area (Å²) in [6.07, 6.45) is 8.27. The number of aryl methyl sites for hydroxylation is 1. The number of anilines is 1. The van der Waals surface area contributed by atoms with Crippen molar-refractivity contribution in [1.29, 1.82) is 0 Å². The van der Waals surface area contributed by atoms with Crippen LogP contribution in [0.4, 0.5) is 5.69 Å². The van der Waals surface area contributed by atoms with Crippen molar-refractivity contribution in [3.8, 4) is 5.75 Å². The molecule has 0 bridgehead atoms. The summed E-state index contributed by atoms with van der Waals surface area (Å²) in [5.41, 5.74) is 6.19. The van der Waals surface area contributed by atoms with Crippen molar-refractivity contribution in [1.82, 2.24) is 4.98 Å². The first-order valence-electron chi connectivity index (χ1n) is 11.9. The van der Waals surface area contributed by atoms with Gasteiger partial charge in [-0.25, -0.2) is 0 Å². The number of hydrogen-bond acceptors (Lipinski definition) is 3. The molecule has 5 rings (SSSR count). The van der Waals surface area contributed by atoms with Crippen LogP contribution in [-0.2, 0) is 5.41 Å². The number of carbonyl (C=O) groups excluding carboxylic acids is 1. The van der Waals surface area contributed by atoms with Crippen LogP contribution in [0.25, 0.3) is 5.57 Å². The molecule has 2 atom stereocenters. The van der Waals surface area contributed by atoms with Crippen molar-refractivity contribution in [2.75, 3.05) is 11.9 Å². The maximum absolute atomic E-state index is 13.0. The standard InChI is InChI=1S/C29H30N2O2/c1-3-29-15-13-22(21-8-5-4-6-9-21)18-24(29)14-17-33-27-19-23(11-12-25(27)29)28(32)31-26-10-7-16-30-20(26)2/h4-13,16,19,24H,3,14-15,17-18H2,1-2H3,(H,31,32)/t24-,29+/m0/s1. The van der Waals surface area contributed by atoms with Gasteiger partial charge in [0.25, 0.3) is 5.91 Å². The number of carbonyl (C=O) groups is 1. The molecule has 1 aliphatic carbocycles. The largest absolute Gasteiger partial charge is 0.493 e. The number of allylic oxidation sites excluding steroid dienone is 2. The summed E-state index contributed by atoms with van der Waals surface area (Å²) in [5, 5.41) is 2.99. The molecule has 1 N–H and O–H groups in total. The number of hydrogen-bond donors (Lipinski definition) is 1. The van der Waals surface area contributed by atoms with Crippen LogP contribution in [-0.4, -0.2) is 17.5 Å². The molecule has 168 valence electrons. The molecule has 2 aromatic carbocycles. The molecular formula is C29H30N2O2. The Morgan fingerprint density at radius 1 is 1.15 bits per heavy atom. The number of rotatable bonds is 4. The van der Waals surface area contributed by atoms with Crippen LogP contribution < -0.4 is 10.1 Å². The predicted octanol–water partition coefficient (Wildman–Crippen LogP) is 6.57. The second-order valence-corrected chi connectivity index (χ2v) is 9.15. The van der Waals surface area contributed by atoms with Crippen molar-refractivity contribution < 1.29 is 9.53 Å². The van der Waals surface area contributed by atoms with Crippen molar-refractivity contribution in [2.45, 2.75) is 44.9 Å². The summed E-state index contributed by atoms with van der Waals surface area (Å²) in [5.74, 6) is 1.23. The minimum Gasteiger partial charge on any atom is -0.493 e. The van der Waals surface area contributed by atoms with E-state index in [1.807, 2.05) is 31.2 Å². The molecule has 1 aromatic heterocycles. The molecule has 0 saturated carbocycles. The predicted molar refractivity (Wildman–Crippen MR) is 133 cm³/mol. The summed E-state index contributed by atoms with van der Waals surface area (Å²) in [6.45, 7) is 4.85. The van der Waals surface area contributed by atoms with Gasteiger partial charge < -0.3 is 10.1 Å². The fourth-order valence-electron chi connectivity index (χ4n) is 5.55. The number of aromatic nitrogens is 1. The fraction of sp³-hybridized carbons (Fsp3) is 0.310. The summed E-state index contributed by atoms with van der Waals surface area (Å²) in [6, 6.07) is 20.4. The number of ether oxygens (including phenoxy) is 1. The SMILES string of the molecule is CC[C@@]12CC=C(c3ccccc3)C[C@@H]1CCOc1cc(C(=O)Nc3cccnc3C)ccc12. The lowest BCUT2D eigenvalue weighted by atomic mass is 9.60. The van der Waals surface area contributed by atoms with Gasteiger partial charge in [0.2, 0.25) is 0 Å². The molecule has 33 heavy (non-hydrogen) atoms. The molecule has 4 nitrogen and oxygen atoms in total. The van der Waals surface area contributed by atoms with Gasteiger partial charge >= 0.3 is 0 Å². The number of nitrogens with zero attached hydrogens (tertiary/aromatic N) is 1. The number of amides is 1. The molecule has 0 radical (unpaired) electrons. The van der Waals surface area contributed by atoms with Crippen molar-refractivity contribution >= 4 is 17.2 Å². The lowest BCUT2D eigenvalue weighted by Crippen LogP contribution is -2.36. The molecule has 3 aromatic rings. The summed E-state index contributed by atoms with van der Waals surface area (Å²) >= 11 is 0. The third kappa shape index (κ3) is 3.95. The monoisotopic (exact) mass is 438 g/mol. The molecule has 0 unspecified atom stereocenters. The Morgan fingerprint density at radius 2 is 2.00 bits per heavy atom. The Kier molecular flexibility index (Phi) is 5.76. The van der Waals surface area contributed by atoms with Crippen molar-refractivity contribution in [3.05, 3.63) is 95.3 Å². The van der Waals surface area contributed by atoms with E-state index in [1.165, 1.54) is 16.7 Å². The Labute approximate surface area is 195 Å². The third-order valence-electron chi connectivity index (χ3n) is 7.50. The zero-order valence-electron chi connectivity index (χ0n) is 19.3. The van der Waals surface area contributed by atoms with Crippen molar-refractivity contribution in [2.24, 2.45) is 5.92 Å². The van der Waals surface area contributed by atoms with E-state index >= 15 is 0 Å².